The van der Waals surface area contributed by atoms with E-state index in [1.807, 2.05) is 13.0 Å². The highest BCUT2D eigenvalue weighted by atomic mass is 35.5. The molecule has 0 aromatic heterocycles. The number of rotatable bonds is 4. The minimum Gasteiger partial charge on any atom is -0.479 e. The molecule has 0 saturated heterocycles. The average molecular weight is 305 g/mol. The number of para-hydroxylation sites is 2. The van der Waals surface area contributed by atoms with E-state index in [0.717, 1.165) is 5.56 Å². The van der Waals surface area contributed by atoms with Crippen molar-refractivity contribution in [1.82, 2.24) is 0 Å². The predicted molar refractivity (Wildman–Crippen MR) is 85.8 cm³/mol. The van der Waals surface area contributed by atoms with Crippen LogP contribution in [0.25, 0.3) is 0 Å². The summed E-state index contributed by atoms with van der Waals surface area (Å²) in [4.78, 5) is 12.1. The maximum absolute atomic E-state index is 12.1. The second-order valence-electron chi connectivity index (χ2n) is 4.77. The molecule has 2 aromatic carbocycles. The fourth-order valence-corrected chi connectivity index (χ4v) is 1.95. The Balaban J connectivity index is 2.06. The third-order valence-corrected chi connectivity index (χ3v) is 3.29. The van der Waals surface area contributed by atoms with E-state index < -0.39 is 6.10 Å². The summed E-state index contributed by atoms with van der Waals surface area (Å²) in [5, 5.41) is 3.20. The monoisotopic (exact) mass is 304 g/mol. The minimum absolute atomic E-state index is 0.287. The molecule has 0 radical (unpaired) electrons. The quantitative estimate of drug-likeness (QED) is 0.848. The van der Waals surface area contributed by atoms with Crippen molar-refractivity contribution >= 4 is 28.9 Å². The Labute approximate surface area is 128 Å². The summed E-state index contributed by atoms with van der Waals surface area (Å²) in [7, 11) is 0. The van der Waals surface area contributed by atoms with Crippen LogP contribution in [0, 0.1) is 6.92 Å². The second-order valence-corrected chi connectivity index (χ2v) is 5.18. The zero-order chi connectivity index (χ0) is 15.4. The van der Waals surface area contributed by atoms with Gasteiger partial charge in [0.05, 0.1) is 16.4 Å². The topological polar surface area (TPSA) is 64.3 Å². The zero-order valence-electron chi connectivity index (χ0n) is 11.9. The summed E-state index contributed by atoms with van der Waals surface area (Å²) >= 11 is 6.05. The van der Waals surface area contributed by atoms with Crippen LogP contribution in [0.1, 0.15) is 12.5 Å². The molecule has 0 aliphatic heterocycles. The van der Waals surface area contributed by atoms with Gasteiger partial charge < -0.3 is 15.8 Å². The fraction of sp³-hybridized carbons (Fsp3) is 0.188. The highest BCUT2D eigenvalue weighted by Gasteiger charge is 2.17. The van der Waals surface area contributed by atoms with Gasteiger partial charge in [0.15, 0.2) is 6.10 Å². The SMILES string of the molecule is Cc1ccc(Cl)c(OC(C)C(=O)Nc2ccccc2N)c1. The Morgan fingerprint density at radius 2 is 2.00 bits per heavy atom. The molecule has 5 heteroatoms. The molecule has 110 valence electrons. The minimum atomic E-state index is -0.691. The van der Waals surface area contributed by atoms with E-state index in [4.69, 9.17) is 22.1 Å². The molecular formula is C16H17ClN2O2. The van der Waals surface area contributed by atoms with E-state index in [2.05, 4.69) is 5.32 Å². The van der Waals surface area contributed by atoms with Crippen molar-refractivity contribution in [1.29, 1.82) is 0 Å². The number of carbonyl (C=O) groups is 1. The van der Waals surface area contributed by atoms with Gasteiger partial charge in [0.2, 0.25) is 0 Å². The molecule has 0 bridgehead atoms. The predicted octanol–water partition coefficient (Wildman–Crippen LogP) is 3.64. The van der Waals surface area contributed by atoms with Gasteiger partial charge in [-0.2, -0.15) is 0 Å². The third kappa shape index (κ3) is 3.89. The lowest BCUT2D eigenvalue weighted by molar-refractivity contribution is -0.122. The summed E-state index contributed by atoms with van der Waals surface area (Å²) in [6.07, 6.45) is -0.691. The number of nitrogens with one attached hydrogen (secondary N) is 1. The van der Waals surface area contributed by atoms with Crippen LogP contribution >= 0.6 is 11.6 Å². The number of anilines is 2. The van der Waals surface area contributed by atoms with Crippen LogP contribution in [0.2, 0.25) is 5.02 Å². The van der Waals surface area contributed by atoms with Gasteiger partial charge in [-0.1, -0.05) is 29.8 Å². The van der Waals surface area contributed by atoms with Crippen molar-refractivity contribution in [3.8, 4) is 5.75 Å². The summed E-state index contributed by atoms with van der Waals surface area (Å²) in [6.45, 7) is 3.59. The Kier molecular flexibility index (Phi) is 4.70. The smallest absolute Gasteiger partial charge is 0.265 e. The van der Waals surface area contributed by atoms with Crippen LogP contribution in [0.5, 0.6) is 5.75 Å². The number of amides is 1. The molecule has 0 heterocycles. The van der Waals surface area contributed by atoms with Crippen LogP contribution in [0.15, 0.2) is 42.5 Å². The number of aryl methyl sites for hydroxylation is 1. The Morgan fingerprint density at radius 1 is 1.29 bits per heavy atom. The lowest BCUT2D eigenvalue weighted by Gasteiger charge is -2.16. The molecule has 1 atom stereocenters. The molecule has 3 N–H and O–H groups in total. The van der Waals surface area contributed by atoms with Gasteiger partial charge in [-0.05, 0) is 43.7 Å². The van der Waals surface area contributed by atoms with Gasteiger partial charge in [-0.15, -0.1) is 0 Å². The summed E-state index contributed by atoms with van der Waals surface area (Å²) in [5.74, 6) is 0.200. The van der Waals surface area contributed by atoms with Gasteiger partial charge >= 0.3 is 0 Å². The normalized spacial score (nSPS) is 11.8. The molecule has 4 nitrogen and oxygen atoms in total. The highest BCUT2D eigenvalue weighted by molar-refractivity contribution is 6.32. The van der Waals surface area contributed by atoms with Gasteiger partial charge in [-0.3, -0.25) is 4.79 Å². The molecule has 2 rings (SSSR count). The maximum atomic E-state index is 12.1. The van der Waals surface area contributed by atoms with Gasteiger partial charge in [0.25, 0.3) is 5.91 Å². The number of benzene rings is 2. The van der Waals surface area contributed by atoms with Crippen molar-refractivity contribution in [3.63, 3.8) is 0 Å². The number of hydrogen-bond donors (Lipinski definition) is 2. The highest BCUT2D eigenvalue weighted by Crippen LogP contribution is 2.26. The van der Waals surface area contributed by atoms with Crippen LogP contribution in [-0.2, 0) is 4.79 Å². The van der Waals surface area contributed by atoms with E-state index in [9.17, 15) is 4.79 Å². The summed E-state index contributed by atoms with van der Waals surface area (Å²) in [5.41, 5.74) is 7.87. The third-order valence-electron chi connectivity index (χ3n) is 2.98. The van der Waals surface area contributed by atoms with Gasteiger partial charge in [0.1, 0.15) is 5.75 Å². The lowest BCUT2D eigenvalue weighted by atomic mass is 10.2. The molecule has 1 amide bonds. The Hall–Kier alpha value is -2.20. The van der Waals surface area contributed by atoms with Gasteiger partial charge in [0, 0.05) is 0 Å². The zero-order valence-corrected chi connectivity index (χ0v) is 12.6. The van der Waals surface area contributed by atoms with Crippen molar-refractivity contribution in [2.75, 3.05) is 11.1 Å². The summed E-state index contributed by atoms with van der Waals surface area (Å²) in [6, 6.07) is 12.5. The van der Waals surface area contributed by atoms with Gasteiger partial charge in [-0.25, -0.2) is 0 Å². The molecule has 0 spiro atoms. The average Bonchev–Trinajstić information content (AvgIpc) is 2.45. The van der Waals surface area contributed by atoms with Crippen molar-refractivity contribution in [2.24, 2.45) is 0 Å². The Morgan fingerprint density at radius 3 is 2.71 bits per heavy atom. The van der Waals surface area contributed by atoms with Crippen molar-refractivity contribution in [3.05, 3.63) is 53.1 Å². The molecular weight excluding hydrogens is 288 g/mol. The first-order chi connectivity index (χ1) is 9.97. The second kappa shape index (κ2) is 6.50. The number of ether oxygens (including phenoxy) is 1. The number of carbonyl (C=O) groups excluding carboxylic acids is 1. The first kappa shape index (κ1) is 15.2. The molecule has 0 fully saturated rings. The van der Waals surface area contributed by atoms with Crippen LogP contribution in [0.3, 0.4) is 0 Å². The van der Waals surface area contributed by atoms with E-state index in [1.54, 1.807) is 43.3 Å². The molecule has 0 saturated carbocycles. The molecule has 1 unspecified atom stereocenters. The largest absolute Gasteiger partial charge is 0.479 e. The Bertz CT molecular complexity index is 658. The molecule has 0 aliphatic rings. The standard InChI is InChI=1S/C16H17ClN2O2/c1-10-7-8-12(17)15(9-10)21-11(2)16(20)19-14-6-4-3-5-13(14)18/h3-9,11H,18H2,1-2H3,(H,19,20). The van der Waals surface area contributed by atoms with E-state index >= 15 is 0 Å². The van der Waals surface area contributed by atoms with Crippen LogP contribution in [-0.4, -0.2) is 12.0 Å². The first-order valence-electron chi connectivity index (χ1n) is 6.55. The first-order valence-corrected chi connectivity index (χ1v) is 6.93. The van der Waals surface area contributed by atoms with Crippen LogP contribution < -0.4 is 15.8 Å². The number of nitrogen functional groups attached to an aromatic ring is 1. The van der Waals surface area contributed by atoms with E-state index in [0.29, 0.717) is 22.1 Å². The van der Waals surface area contributed by atoms with Crippen molar-refractivity contribution in [2.45, 2.75) is 20.0 Å². The summed E-state index contributed by atoms with van der Waals surface area (Å²) < 4.78 is 5.62. The molecule has 21 heavy (non-hydrogen) atoms. The van der Waals surface area contributed by atoms with Crippen LogP contribution in [0.4, 0.5) is 11.4 Å². The lowest BCUT2D eigenvalue weighted by Crippen LogP contribution is -2.30. The molecule has 0 aliphatic carbocycles. The fourth-order valence-electron chi connectivity index (χ4n) is 1.79. The van der Waals surface area contributed by atoms with Crippen molar-refractivity contribution < 1.29 is 9.53 Å². The maximum Gasteiger partial charge on any atom is 0.265 e. The number of halogens is 1. The number of hydrogen-bond acceptors (Lipinski definition) is 3. The van der Waals surface area contributed by atoms with E-state index in [-0.39, 0.29) is 5.91 Å². The van der Waals surface area contributed by atoms with E-state index in [1.165, 1.54) is 0 Å². The molecule has 2 aromatic rings. The number of nitrogens with two attached hydrogens (primary N) is 1.